The van der Waals surface area contributed by atoms with Gasteiger partial charge in [0.15, 0.2) is 11.6 Å². The number of nitrogens with zero attached hydrogens (tertiary/aromatic N) is 2. The third-order valence-corrected chi connectivity index (χ3v) is 2.21. The van der Waals surface area contributed by atoms with Crippen LogP contribution in [-0.2, 0) is 0 Å². The van der Waals surface area contributed by atoms with Gasteiger partial charge in [0.25, 0.3) is 0 Å². The van der Waals surface area contributed by atoms with E-state index in [4.69, 9.17) is 0 Å². The van der Waals surface area contributed by atoms with Gasteiger partial charge in [-0.2, -0.15) is 0 Å². The Hall–Kier alpha value is -2.11. The number of aromatic nitrogens is 2. The topological polar surface area (TPSA) is 37.8 Å². The smallest absolute Gasteiger partial charge is 0.161 e. The average Bonchev–Trinajstić information content (AvgIpc) is 2.34. The molecule has 0 radical (unpaired) electrons. The van der Waals surface area contributed by atoms with E-state index < -0.39 is 17.5 Å². The number of nitrogens with one attached hydrogen (secondary N) is 1. The summed E-state index contributed by atoms with van der Waals surface area (Å²) in [6, 6.07) is 2.70. The Balaban J connectivity index is 2.56. The maximum Gasteiger partial charge on any atom is 0.161 e. The molecule has 0 atom stereocenters. The third kappa shape index (κ3) is 2.20. The van der Waals surface area contributed by atoms with Gasteiger partial charge >= 0.3 is 0 Å². The molecule has 0 saturated carbocycles. The highest BCUT2D eigenvalue weighted by Gasteiger charge is 2.12. The Morgan fingerprint density at radius 2 is 1.65 bits per heavy atom. The molecule has 1 heterocycles. The lowest BCUT2D eigenvalue weighted by atomic mass is 10.1. The van der Waals surface area contributed by atoms with Crippen molar-refractivity contribution in [2.45, 2.75) is 0 Å². The van der Waals surface area contributed by atoms with Gasteiger partial charge in [0.2, 0.25) is 0 Å². The Labute approximate surface area is 95.3 Å². The van der Waals surface area contributed by atoms with Crippen LogP contribution < -0.4 is 5.32 Å². The van der Waals surface area contributed by atoms with Crippen molar-refractivity contribution in [1.29, 1.82) is 0 Å². The molecule has 17 heavy (non-hydrogen) atoms. The minimum Gasteiger partial charge on any atom is -0.373 e. The van der Waals surface area contributed by atoms with E-state index in [0.29, 0.717) is 11.9 Å². The summed E-state index contributed by atoms with van der Waals surface area (Å²) in [4.78, 5) is 7.65. The van der Waals surface area contributed by atoms with Gasteiger partial charge in [0.1, 0.15) is 18.0 Å². The Morgan fingerprint density at radius 1 is 0.941 bits per heavy atom. The molecule has 2 aromatic rings. The molecule has 0 aliphatic rings. The Morgan fingerprint density at radius 3 is 2.35 bits per heavy atom. The Kier molecular flexibility index (Phi) is 2.95. The van der Waals surface area contributed by atoms with E-state index in [1.165, 1.54) is 12.4 Å². The monoisotopic (exact) mass is 239 g/mol. The summed E-state index contributed by atoms with van der Waals surface area (Å²) >= 11 is 0. The lowest BCUT2D eigenvalue weighted by Crippen LogP contribution is -1.97. The van der Waals surface area contributed by atoms with Crippen LogP contribution in [0.15, 0.2) is 24.5 Å². The minimum absolute atomic E-state index is 0.109. The fraction of sp³-hybridized carbons (Fsp3) is 0.0909. The van der Waals surface area contributed by atoms with Crippen LogP contribution in [0.1, 0.15) is 0 Å². The van der Waals surface area contributed by atoms with Crippen LogP contribution in [-0.4, -0.2) is 17.0 Å². The molecule has 0 fully saturated rings. The zero-order valence-corrected chi connectivity index (χ0v) is 8.84. The van der Waals surface area contributed by atoms with Crippen molar-refractivity contribution in [2.24, 2.45) is 0 Å². The maximum absolute atomic E-state index is 13.5. The fourth-order valence-corrected chi connectivity index (χ4v) is 1.36. The number of rotatable bonds is 2. The molecule has 0 spiro atoms. The summed E-state index contributed by atoms with van der Waals surface area (Å²) in [5.74, 6) is -2.76. The van der Waals surface area contributed by atoms with Crippen molar-refractivity contribution in [3.8, 4) is 11.3 Å². The molecule has 1 aromatic heterocycles. The quantitative estimate of drug-likeness (QED) is 0.818. The van der Waals surface area contributed by atoms with E-state index in [0.717, 1.165) is 6.07 Å². The maximum atomic E-state index is 13.5. The number of hydrogen-bond donors (Lipinski definition) is 1. The minimum atomic E-state index is -1.23. The van der Waals surface area contributed by atoms with Crippen LogP contribution in [0.25, 0.3) is 11.3 Å². The van der Waals surface area contributed by atoms with E-state index in [1.807, 2.05) is 0 Å². The van der Waals surface area contributed by atoms with Crippen LogP contribution in [0.4, 0.5) is 19.0 Å². The highest BCUT2D eigenvalue weighted by Crippen LogP contribution is 2.24. The zero-order chi connectivity index (χ0) is 12.4. The van der Waals surface area contributed by atoms with Crippen LogP contribution in [0.5, 0.6) is 0 Å². The van der Waals surface area contributed by atoms with Gasteiger partial charge in [-0.25, -0.2) is 23.1 Å². The molecular formula is C11H8F3N3. The van der Waals surface area contributed by atoms with Crippen molar-refractivity contribution in [2.75, 3.05) is 12.4 Å². The molecule has 0 saturated heterocycles. The highest BCUT2D eigenvalue weighted by molar-refractivity contribution is 5.62. The first-order chi connectivity index (χ1) is 8.11. The number of anilines is 1. The molecule has 0 unspecified atom stereocenters. The molecular weight excluding hydrogens is 231 g/mol. The summed E-state index contributed by atoms with van der Waals surface area (Å²) in [6.07, 6.45) is 1.21. The van der Waals surface area contributed by atoms with Gasteiger partial charge < -0.3 is 5.32 Å². The average molecular weight is 239 g/mol. The van der Waals surface area contributed by atoms with E-state index in [1.54, 1.807) is 7.05 Å². The molecule has 2 rings (SSSR count). The second-order valence-electron chi connectivity index (χ2n) is 3.28. The third-order valence-electron chi connectivity index (χ3n) is 2.21. The van der Waals surface area contributed by atoms with Crippen LogP contribution >= 0.6 is 0 Å². The number of halogens is 3. The van der Waals surface area contributed by atoms with Crippen molar-refractivity contribution >= 4 is 5.82 Å². The van der Waals surface area contributed by atoms with Crippen molar-refractivity contribution in [3.63, 3.8) is 0 Å². The van der Waals surface area contributed by atoms with E-state index in [9.17, 15) is 13.2 Å². The molecule has 1 aromatic carbocycles. The molecule has 0 aliphatic carbocycles. The van der Waals surface area contributed by atoms with Gasteiger partial charge in [-0.15, -0.1) is 0 Å². The van der Waals surface area contributed by atoms with E-state index in [-0.39, 0.29) is 11.3 Å². The van der Waals surface area contributed by atoms with Crippen LogP contribution in [0.2, 0.25) is 0 Å². The molecule has 0 bridgehead atoms. The predicted molar refractivity (Wildman–Crippen MR) is 56.9 cm³/mol. The first-order valence-corrected chi connectivity index (χ1v) is 4.76. The number of hydrogen-bond acceptors (Lipinski definition) is 3. The SMILES string of the molecule is CNc1cc(-c2cc(F)c(F)cc2F)ncn1. The zero-order valence-electron chi connectivity index (χ0n) is 8.84. The Bertz CT molecular complexity index is 558. The van der Waals surface area contributed by atoms with Crippen LogP contribution in [0.3, 0.4) is 0 Å². The molecule has 3 nitrogen and oxygen atoms in total. The highest BCUT2D eigenvalue weighted by atomic mass is 19.2. The summed E-state index contributed by atoms with van der Waals surface area (Å²) in [7, 11) is 1.63. The standard InChI is InChI=1S/C11H8F3N3/c1-15-11-4-10(16-5-17-11)6-2-8(13)9(14)3-7(6)12/h2-5H,1H3,(H,15,16,17). The van der Waals surface area contributed by atoms with Crippen molar-refractivity contribution < 1.29 is 13.2 Å². The molecule has 88 valence electrons. The number of benzene rings is 1. The largest absolute Gasteiger partial charge is 0.373 e. The summed E-state index contributed by atoms with van der Waals surface area (Å²) in [5.41, 5.74) is 0.0727. The summed E-state index contributed by atoms with van der Waals surface area (Å²) in [6.45, 7) is 0. The fourth-order valence-electron chi connectivity index (χ4n) is 1.36. The lowest BCUT2D eigenvalue weighted by Gasteiger charge is -2.05. The first kappa shape index (κ1) is 11.4. The van der Waals surface area contributed by atoms with Crippen LogP contribution in [0, 0.1) is 17.5 Å². The molecule has 0 aliphatic heterocycles. The normalized spacial score (nSPS) is 10.4. The van der Waals surface area contributed by atoms with E-state index >= 15 is 0 Å². The summed E-state index contributed by atoms with van der Waals surface area (Å²) < 4.78 is 39.3. The van der Waals surface area contributed by atoms with E-state index in [2.05, 4.69) is 15.3 Å². The lowest BCUT2D eigenvalue weighted by molar-refractivity contribution is 0.496. The molecule has 1 N–H and O–H groups in total. The molecule has 6 heteroatoms. The second-order valence-corrected chi connectivity index (χ2v) is 3.28. The van der Waals surface area contributed by atoms with Gasteiger partial charge in [-0.3, -0.25) is 0 Å². The summed E-state index contributed by atoms with van der Waals surface area (Å²) in [5, 5.41) is 2.74. The first-order valence-electron chi connectivity index (χ1n) is 4.76. The van der Waals surface area contributed by atoms with Gasteiger partial charge in [0, 0.05) is 24.7 Å². The second kappa shape index (κ2) is 4.40. The van der Waals surface area contributed by atoms with Gasteiger partial charge in [-0.05, 0) is 6.07 Å². The van der Waals surface area contributed by atoms with Gasteiger partial charge in [-0.1, -0.05) is 0 Å². The molecule has 0 amide bonds. The van der Waals surface area contributed by atoms with Gasteiger partial charge in [0.05, 0.1) is 5.69 Å². The van der Waals surface area contributed by atoms with Crippen molar-refractivity contribution in [3.05, 3.63) is 42.0 Å². The predicted octanol–water partition coefficient (Wildman–Crippen LogP) is 2.60. The van der Waals surface area contributed by atoms with Crippen molar-refractivity contribution in [1.82, 2.24) is 9.97 Å².